The molecular formula is C13H31N3O. The molecule has 0 aliphatic heterocycles. The van der Waals surface area contributed by atoms with Crippen LogP contribution in [-0.4, -0.2) is 67.3 Å². The number of aliphatic hydroxyl groups excluding tert-OH is 1. The highest BCUT2D eigenvalue weighted by Gasteiger charge is 2.18. The molecular weight excluding hydrogens is 214 g/mol. The smallest absolute Gasteiger partial charge is 0.0608 e. The third kappa shape index (κ3) is 9.53. The molecule has 0 saturated heterocycles. The molecule has 0 bridgehead atoms. The monoisotopic (exact) mass is 245 g/mol. The molecule has 0 radical (unpaired) electrons. The molecule has 0 rings (SSSR count). The summed E-state index contributed by atoms with van der Waals surface area (Å²) in [6.07, 6.45) is 0.837. The number of nitrogens with zero attached hydrogens (tertiary/aromatic N) is 2. The summed E-state index contributed by atoms with van der Waals surface area (Å²) < 4.78 is 0. The predicted molar refractivity (Wildman–Crippen MR) is 74.1 cm³/mol. The Kier molecular flexibility index (Phi) is 7.96. The van der Waals surface area contributed by atoms with E-state index in [1.54, 1.807) is 0 Å². The second-order valence-corrected chi connectivity index (χ2v) is 6.06. The fourth-order valence-corrected chi connectivity index (χ4v) is 1.64. The van der Waals surface area contributed by atoms with E-state index in [-0.39, 0.29) is 6.61 Å². The van der Waals surface area contributed by atoms with Crippen molar-refractivity contribution in [1.29, 1.82) is 0 Å². The van der Waals surface area contributed by atoms with Crippen LogP contribution in [0.3, 0.4) is 0 Å². The molecule has 104 valence electrons. The fourth-order valence-electron chi connectivity index (χ4n) is 1.64. The van der Waals surface area contributed by atoms with Crippen LogP contribution in [0.25, 0.3) is 0 Å². The molecule has 17 heavy (non-hydrogen) atoms. The first-order valence-corrected chi connectivity index (χ1v) is 6.53. The molecule has 3 N–H and O–H groups in total. The van der Waals surface area contributed by atoms with E-state index < -0.39 is 5.54 Å². The predicted octanol–water partition coefficient (Wildman–Crippen LogP) is 0.606. The van der Waals surface area contributed by atoms with Crippen LogP contribution in [0.4, 0.5) is 0 Å². The fraction of sp³-hybridized carbons (Fsp3) is 1.00. The van der Waals surface area contributed by atoms with Crippen molar-refractivity contribution in [2.45, 2.75) is 32.7 Å². The van der Waals surface area contributed by atoms with Gasteiger partial charge < -0.3 is 20.6 Å². The first kappa shape index (κ1) is 16.8. The van der Waals surface area contributed by atoms with Crippen molar-refractivity contribution in [3.63, 3.8) is 0 Å². The van der Waals surface area contributed by atoms with Crippen LogP contribution in [0, 0.1) is 5.92 Å². The Morgan fingerprint density at radius 1 is 1.18 bits per heavy atom. The number of rotatable bonds is 9. The Balaban J connectivity index is 4.09. The normalized spacial score (nSPS) is 15.9. The lowest BCUT2D eigenvalue weighted by molar-refractivity contribution is 0.162. The van der Waals surface area contributed by atoms with Crippen LogP contribution >= 0.6 is 0 Å². The molecule has 0 spiro atoms. The topological polar surface area (TPSA) is 52.7 Å². The van der Waals surface area contributed by atoms with E-state index in [2.05, 4.69) is 37.7 Å². The van der Waals surface area contributed by atoms with Gasteiger partial charge in [-0.05, 0) is 33.4 Å². The largest absolute Gasteiger partial charge is 0.394 e. The van der Waals surface area contributed by atoms with Gasteiger partial charge in [0, 0.05) is 31.7 Å². The lowest BCUT2D eigenvalue weighted by atomic mass is 10.00. The van der Waals surface area contributed by atoms with Gasteiger partial charge in [-0.2, -0.15) is 0 Å². The van der Waals surface area contributed by atoms with Crippen molar-refractivity contribution in [2.24, 2.45) is 11.7 Å². The maximum Gasteiger partial charge on any atom is 0.0608 e. The summed E-state index contributed by atoms with van der Waals surface area (Å²) in [5.74, 6) is 0.662. The molecule has 0 aromatic heterocycles. The summed E-state index contributed by atoms with van der Waals surface area (Å²) in [5.41, 5.74) is 5.51. The van der Waals surface area contributed by atoms with Gasteiger partial charge in [0.25, 0.3) is 0 Å². The molecule has 0 aromatic carbocycles. The van der Waals surface area contributed by atoms with E-state index in [9.17, 15) is 0 Å². The third-order valence-electron chi connectivity index (χ3n) is 2.85. The van der Waals surface area contributed by atoms with Crippen LogP contribution in [0.15, 0.2) is 0 Å². The number of likely N-dealkylation sites (N-methyl/N-ethyl adjacent to an activating group) is 1. The van der Waals surface area contributed by atoms with E-state index in [1.807, 2.05) is 6.92 Å². The van der Waals surface area contributed by atoms with Gasteiger partial charge in [0.15, 0.2) is 0 Å². The number of hydrogen-bond acceptors (Lipinski definition) is 4. The molecule has 1 unspecified atom stereocenters. The Morgan fingerprint density at radius 3 is 2.18 bits per heavy atom. The molecule has 0 aliphatic carbocycles. The zero-order valence-corrected chi connectivity index (χ0v) is 12.2. The minimum Gasteiger partial charge on any atom is -0.394 e. The summed E-state index contributed by atoms with van der Waals surface area (Å²) in [4.78, 5) is 4.63. The minimum absolute atomic E-state index is 0.0518. The third-order valence-corrected chi connectivity index (χ3v) is 2.85. The van der Waals surface area contributed by atoms with Gasteiger partial charge >= 0.3 is 0 Å². The molecule has 0 saturated carbocycles. The minimum atomic E-state index is -0.451. The van der Waals surface area contributed by atoms with E-state index in [1.165, 1.54) is 0 Å². The van der Waals surface area contributed by atoms with Crippen LogP contribution < -0.4 is 5.73 Å². The average Bonchev–Trinajstić information content (AvgIpc) is 2.21. The second-order valence-electron chi connectivity index (χ2n) is 6.06. The first-order chi connectivity index (χ1) is 7.76. The van der Waals surface area contributed by atoms with Crippen LogP contribution in [0.1, 0.15) is 27.2 Å². The van der Waals surface area contributed by atoms with Crippen molar-refractivity contribution >= 4 is 0 Å². The van der Waals surface area contributed by atoms with E-state index in [0.29, 0.717) is 5.92 Å². The molecule has 0 fully saturated rings. The first-order valence-electron chi connectivity index (χ1n) is 6.53. The highest BCUT2D eigenvalue weighted by molar-refractivity contribution is 4.79. The van der Waals surface area contributed by atoms with Crippen LogP contribution in [0.5, 0.6) is 0 Å². The van der Waals surface area contributed by atoms with E-state index in [0.717, 1.165) is 32.6 Å². The molecule has 4 nitrogen and oxygen atoms in total. The van der Waals surface area contributed by atoms with Gasteiger partial charge in [0.2, 0.25) is 0 Å². The Hall–Kier alpha value is -0.160. The zero-order chi connectivity index (χ0) is 13.5. The maximum atomic E-state index is 9.16. The number of aliphatic hydroxyl groups is 1. The molecule has 0 amide bonds. The van der Waals surface area contributed by atoms with Gasteiger partial charge in [0.05, 0.1) is 6.61 Å². The van der Waals surface area contributed by atoms with Gasteiger partial charge in [-0.25, -0.2) is 0 Å². The lowest BCUT2D eigenvalue weighted by Crippen LogP contribution is -2.45. The molecule has 0 heterocycles. The van der Waals surface area contributed by atoms with Crippen molar-refractivity contribution in [3.05, 3.63) is 0 Å². The summed E-state index contributed by atoms with van der Waals surface area (Å²) in [6.45, 7) is 10.6. The van der Waals surface area contributed by atoms with Gasteiger partial charge in [-0.3, -0.25) is 0 Å². The van der Waals surface area contributed by atoms with Crippen LogP contribution in [0.2, 0.25) is 0 Å². The summed E-state index contributed by atoms with van der Waals surface area (Å²) >= 11 is 0. The van der Waals surface area contributed by atoms with Crippen LogP contribution in [-0.2, 0) is 0 Å². The molecule has 4 heteroatoms. The van der Waals surface area contributed by atoms with E-state index >= 15 is 0 Å². The quantitative estimate of drug-likeness (QED) is 0.625. The standard InChI is InChI=1S/C13H31N3O/c1-12(2)10-16(9-8-15(4)5)7-6-13(3,14)11-17/h12,17H,6-11,14H2,1-5H3. The number of nitrogens with two attached hydrogens (primary N) is 1. The summed E-state index contributed by atoms with van der Waals surface area (Å²) in [7, 11) is 4.18. The zero-order valence-electron chi connectivity index (χ0n) is 12.2. The van der Waals surface area contributed by atoms with Crippen molar-refractivity contribution in [1.82, 2.24) is 9.80 Å². The molecule has 0 aromatic rings. The Morgan fingerprint density at radius 2 is 1.76 bits per heavy atom. The highest BCUT2D eigenvalue weighted by atomic mass is 16.3. The maximum absolute atomic E-state index is 9.16. The van der Waals surface area contributed by atoms with Gasteiger partial charge in [0.1, 0.15) is 0 Å². The molecule has 1 atom stereocenters. The number of hydrogen-bond donors (Lipinski definition) is 2. The van der Waals surface area contributed by atoms with Crippen molar-refractivity contribution < 1.29 is 5.11 Å². The second kappa shape index (κ2) is 8.03. The van der Waals surface area contributed by atoms with E-state index in [4.69, 9.17) is 10.8 Å². The summed E-state index contributed by atoms with van der Waals surface area (Å²) in [5, 5.41) is 9.16. The molecule has 0 aliphatic rings. The average molecular weight is 245 g/mol. The highest BCUT2D eigenvalue weighted by Crippen LogP contribution is 2.07. The SMILES string of the molecule is CC(C)CN(CCN(C)C)CCC(C)(N)CO. The Labute approximate surface area is 107 Å². The van der Waals surface area contributed by atoms with Crippen molar-refractivity contribution in [3.8, 4) is 0 Å². The lowest BCUT2D eigenvalue weighted by Gasteiger charge is -2.30. The van der Waals surface area contributed by atoms with Gasteiger partial charge in [-0.15, -0.1) is 0 Å². The van der Waals surface area contributed by atoms with Gasteiger partial charge in [-0.1, -0.05) is 13.8 Å². The summed E-state index contributed by atoms with van der Waals surface area (Å²) in [6, 6.07) is 0. The Bertz CT molecular complexity index is 193. The van der Waals surface area contributed by atoms with Crippen molar-refractivity contribution in [2.75, 3.05) is 46.9 Å².